The quantitative estimate of drug-likeness (QED) is 0.641. The molecule has 0 aromatic carbocycles. The minimum atomic E-state index is -0.0335. The van der Waals surface area contributed by atoms with E-state index in [2.05, 4.69) is 19.9 Å². The van der Waals surface area contributed by atoms with Gasteiger partial charge < -0.3 is 4.74 Å². The molecule has 0 aromatic rings. The van der Waals surface area contributed by atoms with Crippen molar-refractivity contribution in [1.82, 2.24) is 0 Å². The Bertz CT molecular complexity index is 281. The molecule has 2 heteroatoms. The molecule has 0 saturated heterocycles. The second-order valence-corrected chi connectivity index (χ2v) is 5.88. The van der Waals surface area contributed by atoms with Gasteiger partial charge in [-0.2, -0.15) is 0 Å². The number of hydrogen-bond donors (Lipinski definition) is 0. The minimum absolute atomic E-state index is 0.0335. The van der Waals surface area contributed by atoms with Gasteiger partial charge in [0.15, 0.2) is 0 Å². The Morgan fingerprint density at radius 3 is 2.42 bits per heavy atom. The first-order valence-corrected chi connectivity index (χ1v) is 8.12. The molecule has 0 aliphatic carbocycles. The van der Waals surface area contributed by atoms with Crippen LogP contribution in [0.2, 0.25) is 0 Å². The van der Waals surface area contributed by atoms with Gasteiger partial charge in [-0.3, -0.25) is 4.79 Å². The highest BCUT2D eigenvalue weighted by Crippen LogP contribution is 2.19. The molecule has 1 heterocycles. The molecule has 2 nitrogen and oxygen atoms in total. The number of cyclic esters (lactones) is 1. The predicted octanol–water partition coefficient (Wildman–Crippen LogP) is 5.37. The maximum atomic E-state index is 11.8. The van der Waals surface area contributed by atoms with Crippen molar-refractivity contribution in [2.45, 2.75) is 84.5 Å². The summed E-state index contributed by atoms with van der Waals surface area (Å²) < 4.78 is 5.56. The molecule has 0 fully saturated rings. The number of rotatable bonds is 3. The first-order valence-electron chi connectivity index (χ1n) is 8.12. The number of hydrogen-bond acceptors (Lipinski definition) is 2. The van der Waals surface area contributed by atoms with Crippen LogP contribution in [0.25, 0.3) is 0 Å². The van der Waals surface area contributed by atoms with Crippen molar-refractivity contribution < 1.29 is 9.53 Å². The first kappa shape index (κ1) is 16.3. The van der Waals surface area contributed by atoms with E-state index in [9.17, 15) is 4.79 Å². The lowest BCUT2D eigenvalue weighted by Crippen LogP contribution is -2.07. The highest BCUT2D eigenvalue weighted by atomic mass is 16.5. The van der Waals surface area contributed by atoms with E-state index in [0.29, 0.717) is 12.3 Å². The van der Waals surface area contributed by atoms with Crippen LogP contribution in [0.1, 0.15) is 84.5 Å². The molecule has 1 unspecified atom stereocenters. The molecule has 1 rings (SSSR count). The molecule has 1 aliphatic heterocycles. The van der Waals surface area contributed by atoms with Crippen molar-refractivity contribution >= 4 is 5.97 Å². The van der Waals surface area contributed by atoms with Gasteiger partial charge in [-0.15, -0.1) is 0 Å². The highest BCUT2D eigenvalue weighted by molar-refractivity contribution is 5.70. The van der Waals surface area contributed by atoms with Gasteiger partial charge in [-0.1, -0.05) is 52.4 Å². The minimum Gasteiger partial charge on any atom is -0.431 e. The molecule has 0 bridgehead atoms. The molecule has 19 heavy (non-hydrogen) atoms. The fraction of sp³-hybridized carbons (Fsp3) is 0.824. The van der Waals surface area contributed by atoms with Crippen LogP contribution in [0.4, 0.5) is 0 Å². The zero-order valence-corrected chi connectivity index (χ0v) is 12.7. The van der Waals surface area contributed by atoms with Gasteiger partial charge >= 0.3 is 5.97 Å². The van der Waals surface area contributed by atoms with Gasteiger partial charge in [-0.05, 0) is 31.3 Å². The van der Waals surface area contributed by atoms with Crippen LogP contribution in [0.5, 0.6) is 0 Å². The fourth-order valence-corrected chi connectivity index (χ4v) is 2.41. The van der Waals surface area contributed by atoms with Crippen molar-refractivity contribution in [3.63, 3.8) is 0 Å². The van der Waals surface area contributed by atoms with Crippen LogP contribution in [-0.2, 0) is 9.53 Å². The van der Waals surface area contributed by atoms with Crippen molar-refractivity contribution in [2.24, 2.45) is 5.92 Å². The molecular formula is C17H30O2. The van der Waals surface area contributed by atoms with Gasteiger partial charge in [0.25, 0.3) is 0 Å². The van der Waals surface area contributed by atoms with Gasteiger partial charge in [0.2, 0.25) is 0 Å². The van der Waals surface area contributed by atoms with Crippen molar-refractivity contribution in [3.05, 3.63) is 11.8 Å². The van der Waals surface area contributed by atoms with E-state index in [1.54, 1.807) is 0 Å². The van der Waals surface area contributed by atoms with Crippen molar-refractivity contribution in [3.8, 4) is 0 Å². The average molecular weight is 266 g/mol. The monoisotopic (exact) mass is 266 g/mol. The van der Waals surface area contributed by atoms with E-state index < -0.39 is 0 Å². The second-order valence-electron chi connectivity index (χ2n) is 5.88. The van der Waals surface area contributed by atoms with E-state index in [4.69, 9.17) is 4.74 Å². The van der Waals surface area contributed by atoms with Crippen LogP contribution < -0.4 is 0 Å². The lowest BCUT2D eigenvalue weighted by molar-refractivity contribution is -0.140. The van der Waals surface area contributed by atoms with Gasteiger partial charge in [0, 0.05) is 12.8 Å². The maximum absolute atomic E-state index is 11.8. The SMILES string of the molecule is CCC(C)C/C1=C/CCCCCCCCCC(=O)O1. The average Bonchev–Trinajstić information content (AvgIpc) is 2.41. The Kier molecular flexibility index (Phi) is 8.61. The number of carbonyl (C=O) groups is 1. The summed E-state index contributed by atoms with van der Waals surface area (Å²) in [6.45, 7) is 4.41. The summed E-state index contributed by atoms with van der Waals surface area (Å²) in [6.07, 6.45) is 14.4. The van der Waals surface area contributed by atoms with Gasteiger partial charge in [-0.25, -0.2) is 0 Å². The largest absolute Gasteiger partial charge is 0.431 e. The second kappa shape index (κ2) is 10.1. The molecule has 1 atom stereocenters. The number of ether oxygens (including phenoxy) is 1. The first-order chi connectivity index (χ1) is 9.22. The molecule has 110 valence electrons. The van der Waals surface area contributed by atoms with Gasteiger partial charge in [0.1, 0.15) is 5.76 Å². The molecule has 1 aliphatic rings. The zero-order chi connectivity index (χ0) is 13.9. The number of esters is 1. The smallest absolute Gasteiger partial charge is 0.310 e. The van der Waals surface area contributed by atoms with Crippen LogP contribution in [-0.4, -0.2) is 5.97 Å². The van der Waals surface area contributed by atoms with E-state index in [1.807, 2.05) is 0 Å². The van der Waals surface area contributed by atoms with Crippen LogP contribution in [0.3, 0.4) is 0 Å². The summed E-state index contributed by atoms with van der Waals surface area (Å²) in [6, 6.07) is 0. The standard InChI is InChI=1S/C17H30O2/c1-3-15(2)14-16-12-10-8-6-4-5-7-9-11-13-17(18)19-16/h12,15H,3-11,13-14H2,1-2H3/b16-12-. The summed E-state index contributed by atoms with van der Waals surface area (Å²) in [5.74, 6) is 1.47. The van der Waals surface area contributed by atoms with E-state index >= 15 is 0 Å². The maximum Gasteiger partial charge on any atom is 0.310 e. The van der Waals surface area contributed by atoms with E-state index in [0.717, 1.165) is 31.4 Å². The lowest BCUT2D eigenvalue weighted by Gasteiger charge is -2.13. The van der Waals surface area contributed by atoms with E-state index in [-0.39, 0.29) is 5.97 Å². The van der Waals surface area contributed by atoms with Gasteiger partial charge in [0.05, 0.1) is 0 Å². The molecule has 0 saturated carbocycles. The van der Waals surface area contributed by atoms with Crippen LogP contribution in [0.15, 0.2) is 11.8 Å². The summed E-state index contributed by atoms with van der Waals surface area (Å²) in [4.78, 5) is 11.8. The predicted molar refractivity (Wildman–Crippen MR) is 79.8 cm³/mol. The molecular weight excluding hydrogens is 236 g/mol. The van der Waals surface area contributed by atoms with E-state index in [1.165, 1.54) is 38.5 Å². The fourth-order valence-electron chi connectivity index (χ4n) is 2.41. The molecule has 0 aromatic heterocycles. The summed E-state index contributed by atoms with van der Waals surface area (Å²) in [5, 5.41) is 0. The Morgan fingerprint density at radius 2 is 1.74 bits per heavy atom. The third-order valence-electron chi connectivity index (χ3n) is 3.95. The van der Waals surface area contributed by atoms with Crippen LogP contribution >= 0.6 is 0 Å². The van der Waals surface area contributed by atoms with Crippen molar-refractivity contribution in [2.75, 3.05) is 0 Å². The third kappa shape index (κ3) is 8.07. The topological polar surface area (TPSA) is 26.3 Å². The van der Waals surface area contributed by atoms with Crippen molar-refractivity contribution in [1.29, 1.82) is 0 Å². The number of carbonyl (C=O) groups excluding carboxylic acids is 1. The van der Waals surface area contributed by atoms with Crippen LogP contribution in [0, 0.1) is 5.92 Å². The molecule has 0 spiro atoms. The highest BCUT2D eigenvalue weighted by Gasteiger charge is 2.10. The summed E-state index contributed by atoms with van der Waals surface area (Å²) in [5.41, 5.74) is 0. The lowest BCUT2D eigenvalue weighted by atomic mass is 10.0. The molecule has 0 radical (unpaired) electrons. The summed E-state index contributed by atoms with van der Waals surface area (Å²) >= 11 is 0. The Hall–Kier alpha value is -0.790. The number of allylic oxidation sites excluding steroid dienone is 2. The molecule has 0 N–H and O–H groups in total. The zero-order valence-electron chi connectivity index (χ0n) is 12.7. The molecule has 0 amide bonds. The Balaban J connectivity index is 2.53. The summed E-state index contributed by atoms with van der Waals surface area (Å²) in [7, 11) is 0. The normalized spacial score (nSPS) is 24.1. The Morgan fingerprint density at radius 1 is 1.11 bits per heavy atom. The Labute approximate surface area is 118 Å². The third-order valence-corrected chi connectivity index (χ3v) is 3.95.